The van der Waals surface area contributed by atoms with Crippen LogP contribution in [0.1, 0.15) is 30.7 Å². The zero-order valence-corrected chi connectivity index (χ0v) is 11.8. The maximum Gasteiger partial charge on any atom is 0.304 e. The average molecular weight is 295 g/mol. The predicted molar refractivity (Wildman–Crippen MR) is 75.3 cm³/mol. The summed E-state index contributed by atoms with van der Waals surface area (Å²) in [6, 6.07) is 7.21. The van der Waals surface area contributed by atoms with Gasteiger partial charge in [-0.15, -0.1) is 0 Å². The minimum absolute atomic E-state index is 0.0353. The highest BCUT2D eigenvalue weighted by Gasteiger charge is 2.39. The lowest BCUT2D eigenvalue weighted by atomic mass is 9.98. The highest BCUT2D eigenvalue weighted by atomic mass is 32.2. The molecule has 0 saturated heterocycles. The van der Waals surface area contributed by atoms with Crippen molar-refractivity contribution in [3.05, 3.63) is 29.8 Å². The maximum absolute atomic E-state index is 12.5. The van der Waals surface area contributed by atoms with Gasteiger partial charge in [-0.1, -0.05) is 18.2 Å². The average Bonchev–Trinajstić information content (AvgIpc) is 3.09. The van der Waals surface area contributed by atoms with Crippen LogP contribution in [0.2, 0.25) is 0 Å². The minimum atomic E-state index is -3.34. The molecule has 1 aromatic rings. The number of rotatable bonds is 5. The fourth-order valence-electron chi connectivity index (χ4n) is 2.78. The molecule has 108 valence electrons. The van der Waals surface area contributed by atoms with Gasteiger partial charge in [0.1, 0.15) is 0 Å². The molecule has 6 heteroatoms. The van der Waals surface area contributed by atoms with E-state index >= 15 is 0 Å². The summed E-state index contributed by atoms with van der Waals surface area (Å²) in [4.78, 5) is 10.9. The number of hydrogen-bond donors (Lipinski definition) is 1. The Balaban J connectivity index is 1.91. The third-order valence-electron chi connectivity index (χ3n) is 3.93. The molecule has 1 aliphatic carbocycles. The van der Waals surface area contributed by atoms with Crippen molar-refractivity contribution in [2.24, 2.45) is 5.92 Å². The van der Waals surface area contributed by atoms with E-state index in [0.29, 0.717) is 5.69 Å². The molecule has 20 heavy (non-hydrogen) atoms. The summed E-state index contributed by atoms with van der Waals surface area (Å²) in [5, 5.41) is 8.98. The van der Waals surface area contributed by atoms with Crippen molar-refractivity contribution in [2.45, 2.75) is 25.2 Å². The molecule has 0 spiro atoms. The fourth-order valence-corrected chi connectivity index (χ4v) is 4.76. The van der Waals surface area contributed by atoms with Crippen LogP contribution >= 0.6 is 0 Å². The Morgan fingerprint density at radius 1 is 1.30 bits per heavy atom. The molecule has 1 fully saturated rings. The van der Waals surface area contributed by atoms with Gasteiger partial charge < -0.3 is 5.11 Å². The van der Waals surface area contributed by atoms with Crippen LogP contribution in [0.25, 0.3) is 0 Å². The van der Waals surface area contributed by atoms with Crippen LogP contribution < -0.4 is 4.31 Å². The van der Waals surface area contributed by atoms with Gasteiger partial charge in [-0.25, -0.2) is 8.42 Å². The largest absolute Gasteiger partial charge is 0.481 e. The van der Waals surface area contributed by atoms with Crippen LogP contribution in [-0.2, 0) is 14.8 Å². The number of carboxylic acids is 1. The van der Waals surface area contributed by atoms with Gasteiger partial charge in [0, 0.05) is 12.5 Å². The quantitative estimate of drug-likeness (QED) is 0.899. The van der Waals surface area contributed by atoms with Crippen LogP contribution in [0.15, 0.2) is 24.3 Å². The molecule has 1 aromatic carbocycles. The van der Waals surface area contributed by atoms with E-state index in [-0.39, 0.29) is 30.6 Å². The number of carboxylic acid groups (broad SMARTS) is 1. The Bertz CT molecular complexity index is 636. The molecule has 5 nitrogen and oxygen atoms in total. The van der Waals surface area contributed by atoms with Crippen LogP contribution in [0.4, 0.5) is 5.69 Å². The van der Waals surface area contributed by atoms with Crippen molar-refractivity contribution < 1.29 is 18.3 Å². The summed E-state index contributed by atoms with van der Waals surface area (Å²) in [6.45, 7) is 0.251. The second-order valence-electron chi connectivity index (χ2n) is 5.61. The topological polar surface area (TPSA) is 74.7 Å². The summed E-state index contributed by atoms with van der Waals surface area (Å²) in [5.74, 6) is -0.684. The molecule has 1 N–H and O–H groups in total. The minimum Gasteiger partial charge on any atom is -0.481 e. The summed E-state index contributed by atoms with van der Waals surface area (Å²) < 4.78 is 26.3. The number of fused-ring (bicyclic) bond motifs is 1. The number of para-hydroxylation sites is 1. The summed E-state index contributed by atoms with van der Waals surface area (Å²) >= 11 is 0. The van der Waals surface area contributed by atoms with E-state index in [2.05, 4.69) is 0 Å². The van der Waals surface area contributed by atoms with Gasteiger partial charge in [-0.05, 0) is 30.4 Å². The first-order valence-corrected chi connectivity index (χ1v) is 8.39. The summed E-state index contributed by atoms with van der Waals surface area (Å²) in [7, 11) is -3.34. The second kappa shape index (κ2) is 4.77. The molecule has 0 aromatic heterocycles. The Morgan fingerprint density at radius 3 is 2.65 bits per heavy atom. The number of nitrogens with zero attached hydrogens (tertiary/aromatic N) is 1. The predicted octanol–water partition coefficient (Wildman–Crippen LogP) is 1.80. The number of hydrogen-bond acceptors (Lipinski definition) is 3. The molecular weight excluding hydrogens is 278 g/mol. The zero-order valence-electron chi connectivity index (χ0n) is 11.0. The Kier molecular flexibility index (Phi) is 3.20. The van der Waals surface area contributed by atoms with Gasteiger partial charge in [0.15, 0.2) is 0 Å². The van der Waals surface area contributed by atoms with Crippen LogP contribution in [-0.4, -0.2) is 31.8 Å². The highest BCUT2D eigenvalue weighted by molar-refractivity contribution is 7.92. The molecule has 1 unspecified atom stereocenters. The van der Waals surface area contributed by atoms with Gasteiger partial charge in [0.25, 0.3) is 0 Å². The van der Waals surface area contributed by atoms with E-state index in [1.165, 1.54) is 4.31 Å². The monoisotopic (exact) mass is 295 g/mol. The molecule has 1 heterocycles. The van der Waals surface area contributed by atoms with Crippen LogP contribution in [0.5, 0.6) is 0 Å². The first kappa shape index (κ1) is 13.4. The lowest BCUT2D eigenvalue weighted by Gasteiger charge is -2.19. The van der Waals surface area contributed by atoms with E-state index in [9.17, 15) is 13.2 Å². The first-order valence-electron chi connectivity index (χ1n) is 6.78. The molecule has 0 radical (unpaired) electrons. The van der Waals surface area contributed by atoms with Gasteiger partial charge in [0.05, 0.1) is 17.9 Å². The summed E-state index contributed by atoms with van der Waals surface area (Å²) in [5.41, 5.74) is 1.48. The van der Waals surface area contributed by atoms with Gasteiger partial charge in [0.2, 0.25) is 10.0 Å². The van der Waals surface area contributed by atoms with Crippen molar-refractivity contribution >= 4 is 21.7 Å². The van der Waals surface area contributed by atoms with Crippen molar-refractivity contribution in [1.29, 1.82) is 0 Å². The second-order valence-corrected chi connectivity index (χ2v) is 7.54. The number of benzene rings is 1. The number of aliphatic carboxylic acids is 1. The molecule has 2 aliphatic rings. The number of sulfonamides is 1. The summed E-state index contributed by atoms with van der Waals surface area (Å²) in [6.07, 6.45) is 1.92. The molecule has 1 saturated carbocycles. The standard InChI is InChI=1S/C14H17NO4S/c16-14(17)7-11-8-15(13-4-2-1-3-12(11)13)20(18,19)9-10-5-6-10/h1-4,10-11H,5-9H2,(H,16,17). The Morgan fingerprint density at radius 2 is 2.00 bits per heavy atom. The van der Waals surface area contributed by atoms with Crippen molar-refractivity contribution in [3.63, 3.8) is 0 Å². The van der Waals surface area contributed by atoms with Crippen molar-refractivity contribution in [1.82, 2.24) is 0 Å². The van der Waals surface area contributed by atoms with E-state index in [4.69, 9.17) is 5.11 Å². The normalized spacial score (nSPS) is 21.8. The third kappa shape index (κ3) is 2.52. The smallest absolute Gasteiger partial charge is 0.304 e. The third-order valence-corrected chi connectivity index (χ3v) is 5.84. The fraction of sp³-hybridized carbons (Fsp3) is 0.500. The van der Waals surface area contributed by atoms with Gasteiger partial charge in [-0.2, -0.15) is 0 Å². The van der Waals surface area contributed by atoms with E-state index in [0.717, 1.165) is 18.4 Å². The van der Waals surface area contributed by atoms with Gasteiger partial charge in [-0.3, -0.25) is 9.10 Å². The molecule has 3 rings (SSSR count). The van der Waals surface area contributed by atoms with Crippen LogP contribution in [0.3, 0.4) is 0 Å². The van der Waals surface area contributed by atoms with E-state index in [1.54, 1.807) is 12.1 Å². The van der Waals surface area contributed by atoms with Gasteiger partial charge >= 0.3 is 5.97 Å². The Hall–Kier alpha value is -1.56. The lowest BCUT2D eigenvalue weighted by Crippen LogP contribution is -2.33. The zero-order chi connectivity index (χ0) is 14.3. The molecule has 0 bridgehead atoms. The van der Waals surface area contributed by atoms with Crippen LogP contribution in [0, 0.1) is 5.92 Å². The number of anilines is 1. The van der Waals surface area contributed by atoms with Crippen molar-refractivity contribution in [3.8, 4) is 0 Å². The lowest BCUT2D eigenvalue weighted by molar-refractivity contribution is -0.137. The van der Waals surface area contributed by atoms with Crippen molar-refractivity contribution in [2.75, 3.05) is 16.6 Å². The molecule has 1 aliphatic heterocycles. The number of carbonyl (C=O) groups is 1. The molecular formula is C14H17NO4S. The Labute approximate surface area is 118 Å². The van der Waals surface area contributed by atoms with E-state index < -0.39 is 16.0 Å². The molecule has 0 amide bonds. The van der Waals surface area contributed by atoms with E-state index in [1.807, 2.05) is 12.1 Å². The highest BCUT2D eigenvalue weighted by Crippen LogP contribution is 2.41. The maximum atomic E-state index is 12.5. The SMILES string of the molecule is O=C(O)CC1CN(S(=O)(=O)CC2CC2)c2ccccc21. The first-order chi connectivity index (χ1) is 9.47. The molecule has 1 atom stereocenters.